The van der Waals surface area contributed by atoms with Crippen molar-refractivity contribution in [3.8, 4) is 0 Å². The van der Waals surface area contributed by atoms with Crippen LogP contribution in [0.25, 0.3) is 0 Å². The standard InChI is InChI=1S/C7H12N2O5.ClH/c1-3(7(13)14)9-6(12)4(8)2-5(10)11;/h3-4H,2,8H2,1H3,(H,9,12)(H,10,11)(H,13,14);1H/t3-,4-;/m1./s1. The molecule has 88 valence electrons. The van der Waals surface area contributed by atoms with Crippen LogP contribution < -0.4 is 11.1 Å². The lowest BCUT2D eigenvalue weighted by molar-refractivity contribution is -0.142. The van der Waals surface area contributed by atoms with Crippen molar-refractivity contribution < 1.29 is 24.6 Å². The van der Waals surface area contributed by atoms with E-state index in [1.54, 1.807) is 0 Å². The molecule has 5 N–H and O–H groups in total. The number of carboxylic acids is 2. The fraction of sp³-hybridized carbons (Fsp3) is 0.571. The van der Waals surface area contributed by atoms with E-state index in [1.807, 2.05) is 0 Å². The Kier molecular flexibility index (Phi) is 7.53. The van der Waals surface area contributed by atoms with Crippen LogP contribution in [0.3, 0.4) is 0 Å². The molecule has 0 fully saturated rings. The lowest BCUT2D eigenvalue weighted by Crippen LogP contribution is -2.47. The van der Waals surface area contributed by atoms with E-state index in [4.69, 9.17) is 15.9 Å². The zero-order chi connectivity index (χ0) is 11.3. The van der Waals surface area contributed by atoms with Gasteiger partial charge < -0.3 is 21.3 Å². The molecule has 0 aliphatic heterocycles. The predicted molar refractivity (Wildman–Crippen MR) is 52.7 cm³/mol. The average Bonchev–Trinajstić information content (AvgIpc) is 2.02. The molecule has 0 saturated carbocycles. The normalized spacial score (nSPS) is 13.2. The Hall–Kier alpha value is -1.34. The van der Waals surface area contributed by atoms with Crippen LogP contribution in [0.1, 0.15) is 13.3 Å². The van der Waals surface area contributed by atoms with Gasteiger partial charge in [-0.25, -0.2) is 0 Å². The highest BCUT2D eigenvalue weighted by Gasteiger charge is 2.21. The van der Waals surface area contributed by atoms with Crippen molar-refractivity contribution in [1.82, 2.24) is 5.32 Å². The molecule has 0 aromatic rings. The molecular formula is C7H13ClN2O5. The van der Waals surface area contributed by atoms with Gasteiger partial charge in [-0.3, -0.25) is 14.4 Å². The SMILES string of the molecule is C[C@@H](NC(=O)[C@H](N)CC(=O)O)C(=O)O.Cl. The van der Waals surface area contributed by atoms with Gasteiger partial charge in [0.1, 0.15) is 6.04 Å². The largest absolute Gasteiger partial charge is 0.481 e. The maximum atomic E-state index is 11.0. The van der Waals surface area contributed by atoms with E-state index in [0.717, 1.165) is 0 Å². The van der Waals surface area contributed by atoms with Crippen molar-refractivity contribution in [2.24, 2.45) is 5.73 Å². The van der Waals surface area contributed by atoms with Gasteiger partial charge in [-0.05, 0) is 6.92 Å². The molecule has 15 heavy (non-hydrogen) atoms. The van der Waals surface area contributed by atoms with Crippen LogP contribution in [-0.4, -0.2) is 40.1 Å². The molecule has 0 aromatic carbocycles. The number of aliphatic carboxylic acids is 2. The first kappa shape index (κ1) is 16.1. The molecule has 0 rings (SSSR count). The van der Waals surface area contributed by atoms with Gasteiger partial charge in [-0.15, -0.1) is 12.4 Å². The second kappa shape index (κ2) is 7.02. The number of carboxylic acid groups (broad SMARTS) is 2. The van der Waals surface area contributed by atoms with Gasteiger partial charge >= 0.3 is 11.9 Å². The molecule has 0 unspecified atom stereocenters. The Morgan fingerprint density at radius 3 is 2.13 bits per heavy atom. The quantitative estimate of drug-likeness (QED) is 0.478. The summed E-state index contributed by atoms with van der Waals surface area (Å²) in [5.41, 5.74) is 5.18. The Morgan fingerprint density at radius 2 is 1.80 bits per heavy atom. The van der Waals surface area contributed by atoms with Crippen molar-refractivity contribution in [3.05, 3.63) is 0 Å². The van der Waals surface area contributed by atoms with E-state index in [9.17, 15) is 14.4 Å². The summed E-state index contributed by atoms with van der Waals surface area (Å²) >= 11 is 0. The fourth-order valence-corrected chi connectivity index (χ4v) is 0.663. The van der Waals surface area contributed by atoms with E-state index < -0.39 is 36.4 Å². The van der Waals surface area contributed by atoms with E-state index in [-0.39, 0.29) is 12.4 Å². The summed E-state index contributed by atoms with van der Waals surface area (Å²) in [6.07, 6.45) is -0.530. The molecule has 0 radical (unpaired) electrons. The molecule has 7 nitrogen and oxygen atoms in total. The molecule has 0 heterocycles. The summed E-state index contributed by atoms with van der Waals surface area (Å²) in [7, 11) is 0. The highest BCUT2D eigenvalue weighted by molar-refractivity contribution is 5.89. The number of nitrogens with one attached hydrogen (secondary N) is 1. The number of hydrogen-bond donors (Lipinski definition) is 4. The van der Waals surface area contributed by atoms with Gasteiger partial charge in [0.05, 0.1) is 12.5 Å². The Labute approximate surface area is 92.0 Å². The molecule has 0 aliphatic carbocycles. The van der Waals surface area contributed by atoms with Crippen LogP contribution in [0.5, 0.6) is 0 Å². The molecule has 1 amide bonds. The molecule has 0 aromatic heterocycles. The van der Waals surface area contributed by atoms with Gasteiger partial charge in [-0.2, -0.15) is 0 Å². The second-order valence-corrected chi connectivity index (χ2v) is 2.77. The van der Waals surface area contributed by atoms with Crippen molar-refractivity contribution in [2.45, 2.75) is 25.4 Å². The molecule has 0 bridgehead atoms. The summed E-state index contributed by atoms with van der Waals surface area (Å²) in [5.74, 6) is -3.21. The van der Waals surface area contributed by atoms with Crippen LogP contribution in [0.15, 0.2) is 0 Å². The van der Waals surface area contributed by atoms with Crippen molar-refractivity contribution in [3.63, 3.8) is 0 Å². The first-order valence-corrected chi connectivity index (χ1v) is 3.85. The minimum Gasteiger partial charge on any atom is -0.481 e. The number of carbonyl (C=O) groups excluding carboxylic acids is 1. The molecule has 0 saturated heterocycles. The summed E-state index contributed by atoms with van der Waals surface area (Å²) < 4.78 is 0. The molecule has 8 heteroatoms. The minimum atomic E-state index is -1.23. The number of nitrogens with two attached hydrogens (primary N) is 1. The van der Waals surface area contributed by atoms with Gasteiger partial charge in [0.15, 0.2) is 0 Å². The van der Waals surface area contributed by atoms with E-state index in [1.165, 1.54) is 6.92 Å². The number of rotatable bonds is 5. The third-order valence-electron chi connectivity index (χ3n) is 1.46. The van der Waals surface area contributed by atoms with Crippen molar-refractivity contribution in [1.29, 1.82) is 0 Å². The lowest BCUT2D eigenvalue weighted by atomic mass is 10.2. The number of hydrogen-bond acceptors (Lipinski definition) is 4. The van der Waals surface area contributed by atoms with Crippen LogP contribution >= 0.6 is 12.4 Å². The second-order valence-electron chi connectivity index (χ2n) is 2.77. The van der Waals surface area contributed by atoms with Crippen molar-refractivity contribution in [2.75, 3.05) is 0 Å². The monoisotopic (exact) mass is 240 g/mol. The van der Waals surface area contributed by atoms with Gasteiger partial charge in [0.25, 0.3) is 0 Å². The van der Waals surface area contributed by atoms with Gasteiger partial charge in [-0.1, -0.05) is 0 Å². The number of amides is 1. The van der Waals surface area contributed by atoms with E-state index in [2.05, 4.69) is 5.32 Å². The van der Waals surface area contributed by atoms with E-state index in [0.29, 0.717) is 0 Å². The Bertz CT molecular complexity index is 258. The van der Waals surface area contributed by atoms with Crippen molar-refractivity contribution >= 4 is 30.3 Å². The summed E-state index contributed by atoms with van der Waals surface area (Å²) in [5, 5.41) is 18.8. The predicted octanol–water partition coefficient (Wildman–Crippen LogP) is -1.20. The summed E-state index contributed by atoms with van der Waals surface area (Å²) in [4.78, 5) is 31.5. The Balaban J connectivity index is 0. The van der Waals surface area contributed by atoms with Gasteiger partial charge in [0.2, 0.25) is 5.91 Å². The highest BCUT2D eigenvalue weighted by Crippen LogP contribution is 1.90. The third kappa shape index (κ3) is 6.69. The molecule has 0 spiro atoms. The first-order valence-electron chi connectivity index (χ1n) is 3.85. The minimum absolute atomic E-state index is 0. The summed E-state index contributed by atoms with van der Waals surface area (Å²) in [6, 6.07) is -2.31. The lowest BCUT2D eigenvalue weighted by Gasteiger charge is -2.12. The molecule has 0 aliphatic rings. The molecule has 2 atom stereocenters. The average molecular weight is 241 g/mol. The zero-order valence-corrected chi connectivity index (χ0v) is 8.78. The maximum Gasteiger partial charge on any atom is 0.325 e. The summed E-state index contributed by atoms with van der Waals surface area (Å²) in [6.45, 7) is 1.26. The van der Waals surface area contributed by atoms with Crippen LogP contribution in [0.2, 0.25) is 0 Å². The maximum absolute atomic E-state index is 11.0. The zero-order valence-electron chi connectivity index (χ0n) is 7.97. The topological polar surface area (TPSA) is 130 Å². The van der Waals surface area contributed by atoms with Crippen LogP contribution in [0.4, 0.5) is 0 Å². The smallest absolute Gasteiger partial charge is 0.325 e. The molecular weight excluding hydrogens is 228 g/mol. The fourth-order valence-electron chi connectivity index (χ4n) is 0.663. The van der Waals surface area contributed by atoms with E-state index >= 15 is 0 Å². The first-order chi connectivity index (χ1) is 6.34. The Morgan fingerprint density at radius 1 is 1.33 bits per heavy atom. The van der Waals surface area contributed by atoms with Gasteiger partial charge in [0, 0.05) is 0 Å². The number of carbonyl (C=O) groups is 3. The highest BCUT2D eigenvalue weighted by atomic mass is 35.5. The van der Waals surface area contributed by atoms with Crippen LogP contribution in [-0.2, 0) is 14.4 Å². The van der Waals surface area contributed by atoms with Crippen LogP contribution in [0, 0.1) is 0 Å². The third-order valence-corrected chi connectivity index (χ3v) is 1.46. The number of halogens is 1.